The molecule has 1 N–H and O–H groups in total. The lowest BCUT2D eigenvalue weighted by Crippen LogP contribution is -2.48. The molecule has 3 aliphatic rings. The molecule has 1 saturated carbocycles. The average molecular weight is 276 g/mol. The summed E-state index contributed by atoms with van der Waals surface area (Å²) in [6.07, 6.45) is 7.63. The van der Waals surface area contributed by atoms with E-state index in [0.29, 0.717) is 16.1 Å². The molecule has 0 saturated heterocycles. The summed E-state index contributed by atoms with van der Waals surface area (Å²) in [5, 5.41) is 11.5. The van der Waals surface area contributed by atoms with E-state index < -0.39 is 0 Å². The highest BCUT2D eigenvalue weighted by atomic mass is 32.1. The van der Waals surface area contributed by atoms with Crippen LogP contribution in [0, 0.1) is 22.0 Å². The van der Waals surface area contributed by atoms with Crippen LogP contribution in [0.3, 0.4) is 0 Å². The fourth-order valence-electron chi connectivity index (χ4n) is 3.34. The van der Waals surface area contributed by atoms with E-state index in [1.54, 1.807) is 4.68 Å². The lowest BCUT2D eigenvalue weighted by atomic mass is 9.49. The van der Waals surface area contributed by atoms with Gasteiger partial charge in [0.15, 0.2) is 5.82 Å². The maximum atomic E-state index is 5.20. The molecule has 1 aromatic heterocycles. The van der Waals surface area contributed by atoms with E-state index in [2.05, 4.69) is 42.1 Å². The van der Waals surface area contributed by atoms with Crippen molar-refractivity contribution in [3.8, 4) is 0 Å². The lowest BCUT2D eigenvalue weighted by Gasteiger charge is -2.55. The molecule has 19 heavy (non-hydrogen) atoms. The zero-order valence-electron chi connectivity index (χ0n) is 11.7. The Hall–Kier alpha value is -1.23. The highest BCUT2D eigenvalue weighted by molar-refractivity contribution is 7.71. The van der Waals surface area contributed by atoms with E-state index in [0.717, 1.165) is 18.2 Å². The fraction of sp³-hybridized carbons (Fsp3) is 0.643. The van der Waals surface area contributed by atoms with Crippen LogP contribution in [-0.4, -0.2) is 21.1 Å². The van der Waals surface area contributed by atoms with E-state index in [4.69, 9.17) is 12.2 Å². The van der Waals surface area contributed by atoms with Gasteiger partial charge in [-0.15, -0.1) is 0 Å². The number of rotatable bonds is 3. The van der Waals surface area contributed by atoms with Crippen LogP contribution in [0.4, 0.5) is 0 Å². The van der Waals surface area contributed by atoms with Crippen molar-refractivity contribution in [1.82, 2.24) is 14.9 Å². The molecule has 4 nitrogen and oxygen atoms in total. The summed E-state index contributed by atoms with van der Waals surface area (Å²) in [6, 6.07) is 0. The van der Waals surface area contributed by atoms with Crippen molar-refractivity contribution in [2.75, 3.05) is 0 Å². The molecule has 5 heteroatoms. The van der Waals surface area contributed by atoms with Gasteiger partial charge in [-0.3, -0.25) is 5.10 Å². The molecular weight excluding hydrogens is 256 g/mol. The first-order chi connectivity index (χ1) is 9.04. The largest absolute Gasteiger partial charge is 0.250 e. The molecule has 0 aromatic carbocycles. The standard InChI is InChI=1S/C14H20N4S/c1-4-12-16-17-13(19)18(12)15-8-9-5-6-10-7-11(9)14(10,2)3/h5,8,10-11H,4,6-7H2,1-3H3,(H,17,19)/b15-8-/t10-,11+/m1/s1. The third-order valence-electron chi connectivity index (χ3n) is 4.87. The topological polar surface area (TPSA) is 46.0 Å². The van der Waals surface area contributed by atoms with E-state index >= 15 is 0 Å². The number of aromatic amines is 1. The number of nitrogens with one attached hydrogen (secondary N) is 1. The van der Waals surface area contributed by atoms with Crippen LogP contribution in [0.25, 0.3) is 0 Å². The summed E-state index contributed by atoms with van der Waals surface area (Å²) in [7, 11) is 0. The fourth-order valence-corrected chi connectivity index (χ4v) is 3.54. The Morgan fingerprint density at radius 2 is 2.42 bits per heavy atom. The van der Waals surface area contributed by atoms with Crippen molar-refractivity contribution < 1.29 is 0 Å². The van der Waals surface area contributed by atoms with E-state index in [-0.39, 0.29) is 0 Å². The Labute approximate surface area is 118 Å². The smallest absolute Gasteiger partial charge is 0.216 e. The molecule has 0 aliphatic heterocycles. The number of H-pyrrole nitrogens is 1. The first kappa shape index (κ1) is 12.8. The molecule has 1 aromatic rings. The third-order valence-corrected chi connectivity index (χ3v) is 5.13. The van der Waals surface area contributed by atoms with Crippen LogP contribution in [0.2, 0.25) is 0 Å². The molecule has 0 spiro atoms. The van der Waals surface area contributed by atoms with Crippen molar-refractivity contribution in [3.05, 3.63) is 22.2 Å². The van der Waals surface area contributed by atoms with Gasteiger partial charge in [0.25, 0.3) is 0 Å². The van der Waals surface area contributed by atoms with Crippen LogP contribution in [0.5, 0.6) is 0 Å². The molecule has 102 valence electrons. The van der Waals surface area contributed by atoms with Gasteiger partial charge in [-0.25, -0.2) is 0 Å². The number of hydrogen-bond donors (Lipinski definition) is 1. The summed E-state index contributed by atoms with van der Waals surface area (Å²) in [5.41, 5.74) is 1.79. The summed E-state index contributed by atoms with van der Waals surface area (Å²) in [5.74, 6) is 2.39. The van der Waals surface area contributed by atoms with Crippen LogP contribution < -0.4 is 0 Å². The highest BCUT2D eigenvalue weighted by Crippen LogP contribution is 2.58. The van der Waals surface area contributed by atoms with Crippen molar-refractivity contribution in [3.63, 3.8) is 0 Å². The monoisotopic (exact) mass is 276 g/mol. The van der Waals surface area contributed by atoms with Gasteiger partial charge >= 0.3 is 0 Å². The van der Waals surface area contributed by atoms with Crippen LogP contribution in [0.1, 0.15) is 39.4 Å². The average Bonchev–Trinajstić information content (AvgIpc) is 2.76. The second kappa shape index (κ2) is 4.40. The van der Waals surface area contributed by atoms with Gasteiger partial charge in [0.1, 0.15) is 0 Å². The van der Waals surface area contributed by atoms with Gasteiger partial charge in [-0.2, -0.15) is 14.9 Å². The molecule has 0 radical (unpaired) electrons. The van der Waals surface area contributed by atoms with Gasteiger partial charge in [0.05, 0.1) is 6.21 Å². The maximum absolute atomic E-state index is 5.20. The summed E-state index contributed by atoms with van der Waals surface area (Å²) in [6.45, 7) is 6.79. The molecular formula is C14H20N4S. The second-order valence-electron chi connectivity index (χ2n) is 6.10. The zero-order valence-corrected chi connectivity index (χ0v) is 12.5. The minimum absolute atomic E-state index is 0.432. The second-order valence-corrected chi connectivity index (χ2v) is 6.49. The first-order valence-corrected chi connectivity index (χ1v) is 7.35. The molecule has 1 fully saturated rings. The molecule has 1 heterocycles. The SMILES string of the molecule is CCc1n[nH]c(=S)n1/N=C\C1=CC[C@@H]2C[C@@H]1C2(C)C. The van der Waals surface area contributed by atoms with E-state index in [1.165, 1.54) is 18.4 Å². The number of nitrogens with zero attached hydrogens (tertiary/aromatic N) is 3. The normalized spacial score (nSPS) is 28.3. The van der Waals surface area contributed by atoms with Gasteiger partial charge in [-0.05, 0) is 47.9 Å². The van der Waals surface area contributed by atoms with Gasteiger partial charge < -0.3 is 0 Å². The van der Waals surface area contributed by atoms with Crippen LogP contribution in [-0.2, 0) is 6.42 Å². The minimum Gasteiger partial charge on any atom is -0.250 e. The first-order valence-electron chi connectivity index (χ1n) is 6.94. The predicted octanol–water partition coefficient (Wildman–Crippen LogP) is 3.33. The number of aromatic nitrogens is 3. The van der Waals surface area contributed by atoms with Gasteiger partial charge in [-0.1, -0.05) is 26.8 Å². The molecule has 0 amide bonds. The molecule has 3 aliphatic carbocycles. The number of allylic oxidation sites excluding steroid dienone is 2. The number of hydrogen-bond acceptors (Lipinski definition) is 3. The Bertz CT molecular complexity index is 605. The van der Waals surface area contributed by atoms with Crippen molar-refractivity contribution in [2.45, 2.75) is 40.0 Å². The Morgan fingerprint density at radius 3 is 3.05 bits per heavy atom. The Morgan fingerprint density at radius 1 is 1.63 bits per heavy atom. The molecule has 2 atom stereocenters. The van der Waals surface area contributed by atoms with Crippen LogP contribution >= 0.6 is 12.2 Å². The zero-order chi connectivity index (χ0) is 13.6. The summed E-state index contributed by atoms with van der Waals surface area (Å²) in [4.78, 5) is 0. The lowest BCUT2D eigenvalue weighted by molar-refractivity contribution is -0.00127. The molecule has 2 bridgehead atoms. The van der Waals surface area contributed by atoms with Crippen LogP contribution in [0.15, 0.2) is 16.8 Å². The summed E-state index contributed by atoms with van der Waals surface area (Å²) < 4.78 is 2.30. The predicted molar refractivity (Wildman–Crippen MR) is 78.8 cm³/mol. The minimum atomic E-state index is 0.432. The third kappa shape index (κ3) is 1.91. The number of aryl methyl sites for hydroxylation is 1. The van der Waals surface area contributed by atoms with Gasteiger partial charge in [0, 0.05) is 6.42 Å². The van der Waals surface area contributed by atoms with E-state index in [9.17, 15) is 0 Å². The van der Waals surface area contributed by atoms with Crippen molar-refractivity contribution in [2.24, 2.45) is 22.4 Å². The number of fused-ring (bicyclic) bond motifs is 1. The van der Waals surface area contributed by atoms with E-state index in [1.807, 2.05) is 6.21 Å². The molecule has 4 rings (SSSR count). The quantitative estimate of drug-likeness (QED) is 0.680. The molecule has 0 unspecified atom stereocenters. The maximum Gasteiger partial charge on any atom is 0.216 e. The Kier molecular flexibility index (Phi) is 2.96. The van der Waals surface area contributed by atoms with Gasteiger partial charge in [0.2, 0.25) is 4.77 Å². The van der Waals surface area contributed by atoms with Crippen molar-refractivity contribution in [1.29, 1.82) is 0 Å². The van der Waals surface area contributed by atoms with Crippen molar-refractivity contribution >= 4 is 18.4 Å². The highest BCUT2D eigenvalue weighted by Gasteiger charge is 2.50. The summed E-state index contributed by atoms with van der Waals surface area (Å²) >= 11 is 5.20. The Balaban J connectivity index is 1.86.